The van der Waals surface area contributed by atoms with E-state index in [0.29, 0.717) is 22.3 Å². The molecule has 1 atom stereocenters. The van der Waals surface area contributed by atoms with Crippen molar-refractivity contribution in [2.45, 2.75) is 29.1 Å². The molecule has 0 aliphatic heterocycles. The summed E-state index contributed by atoms with van der Waals surface area (Å²) in [6.45, 7) is -0.569. The molecule has 3 heterocycles. The first-order chi connectivity index (χ1) is 12.9. The third kappa shape index (κ3) is 2.25. The van der Waals surface area contributed by atoms with Crippen LogP contribution in [0.15, 0.2) is 31.0 Å². The van der Waals surface area contributed by atoms with Gasteiger partial charge in [0.1, 0.15) is 12.0 Å². The van der Waals surface area contributed by atoms with Crippen LogP contribution < -0.4 is 0 Å². The fourth-order valence-corrected chi connectivity index (χ4v) is 3.50. The second kappa shape index (κ2) is 5.63. The van der Waals surface area contributed by atoms with Crippen molar-refractivity contribution in [1.82, 2.24) is 24.7 Å². The maximum absolute atomic E-state index is 10.3. The Morgan fingerprint density at radius 2 is 1.79 bits per heavy atom. The number of aromatic nitrogens is 5. The number of aromatic amines is 1. The van der Waals surface area contributed by atoms with E-state index in [9.17, 15) is 30.6 Å². The molecule has 7 N–H and O–H groups in total. The van der Waals surface area contributed by atoms with E-state index in [-0.39, 0.29) is 0 Å². The van der Waals surface area contributed by atoms with Crippen LogP contribution in [0.4, 0.5) is 0 Å². The smallest absolute Gasteiger partial charge is 0.227 e. The van der Waals surface area contributed by atoms with Gasteiger partial charge in [-0.2, -0.15) is 5.10 Å². The van der Waals surface area contributed by atoms with Crippen molar-refractivity contribution in [3.63, 3.8) is 0 Å². The van der Waals surface area contributed by atoms with Crippen LogP contribution in [0.3, 0.4) is 0 Å². The normalized spacial score (nSPS) is 24.6. The number of nitrogens with one attached hydrogen (secondary N) is 1. The highest BCUT2D eigenvalue weighted by Gasteiger charge is 2.78. The summed E-state index contributed by atoms with van der Waals surface area (Å²) in [6.07, 6.45) is 5.91. The third-order valence-electron chi connectivity index (χ3n) is 5.30. The topological polar surface area (TPSA) is 181 Å². The predicted molar refractivity (Wildman–Crippen MR) is 94.3 cm³/mol. The lowest BCUT2D eigenvalue weighted by atomic mass is 9.47. The van der Waals surface area contributed by atoms with E-state index < -0.39 is 35.0 Å². The van der Waals surface area contributed by atoms with E-state index in [0.717, 1.165) is 4.68 Å². The molecule has 28 heavy (non-hydrogen) atoms. The summed E-state index contributed by atoms with van der Waals surface area (Å²) in [4.78, 5) is 11.2. The van der Waals surface area contributed by atoms with Crippen molar-refractivity contribution in [3.8, 4) is 11.3 Å². The number of rotatable bonds is 3. The number of hydrogen-bond donors (Lipinski definition) is 7. The van der Waals surface area contributed by atoms with Crippen LogP contribution in [0.1, 0.15) is 0 Å². The summed E-state index contributed by atoms with van der Waals surface area (Å²) < 4.78 is 1.14. The Kier molecular flexibility index (Phi) is 3.83. The zero-order valence-corrected chi connectivity index (χ0v) is 14.3. The summed E-state index contributed by atoms with van der Waals surface area (Å²) in [5.74, 6) is -12.3. The first kappa shape index (κ1) is 19.1. The molecule has 0 saturated heterocycles. The highest BCUT2D eigenvalue weighted by molar-refractivity contribution is 6.42. The van der Waals surface area contributed by atoms with Crippen LogP contribution in [0.2, 0.25) is 5.21 Å². The second-order valence-corrected chi connectivity index (χ2v) is 6.96. The highest BCUT2D eigenvalue weighted by Crippen LogP contribution is 2.59. The van der Waals surface area contributed by atoms with Crippen molar-refractivity contribution < 1.29 is 30.6 Å². The van der Waals surface area contributed by atoms with E-state index in [1.807, 2.05) is 0 Å². The van der Waals surface area contributed by atoms with Crippen LogP contribution in [-0.4, -0.2) is 88.4 Å². The molecule has 0 bridgehead atoms. The standard InChI is InChI=1S/C15H15B2N5O6/c16-14(17)12(23,24)9(13(25,26)15(14,27)28)5-22-4-7(3-21-22)10-8-1-2-18-11(8)20-6-19-10/h1-4,6,9,23-28H,5H2,(H,18,19,20). The van der Waals surface area contributed by atoms with E-state index >= 15 is 0 Å². The molecule has 1 fully saturated rings. The maximum Gasteiger partial charge on any atom is 0.227 e. The Morgan fingerprint density at radius 1 is 1.07 bits per heavy atom. The van der Waals surface area contributed by atoms with Crippen LogP contribution in [0.5, 0.6) is 0 Å². The van der Waals surface area contributed by atoms with Crippen molar-refractivity contribution in [2.24, 2.45) is 5.92 Å². The summed E-state index contributed by atoms with van der Waals surface area (Å²) in [7, 11) is 10.8. The molecule has 0 spiro atoms. The average molecular weight is 383 g/mol. The van der Waals surface area contributed by atoms with Crippen LogP contribution in [0, 0.1) is 5.92 Å². The minimum atomic E-state index is -3.62. The second-order valence-electron chi connectivity index (χ2n) is 6.96. The van der Waals surface area contributed by atoms with Crippen molar-refractivity contribution in [2.75, 3.05) is 0 Å². The Balaban J connectivity index is 1.70. The monoisotopic (exact) mass is 383 g/mol. The minimum Gasteiger partial charge on any atom is -0.366 e. The minimum absolute atomic E-state index is 0.527. The highest BCUT2D eigenvalue weighted by atomic mass is 16.6. The Labute approximate surface area is 160 Å². The first-order valence-electron chi connectivity index (χ1n) is 8.14. The van der Waals surface area contributed by atoms with Gasteiger partial charge in [-0.1, -0.05) is 0 Å². The average Bonchev–Trinajstić information content (AvgIpc) is 3.28. The molecule has 3 aromatic heterocycles. The molecule has 0 aromatic carbocycles. The summed E-state index contributed by atoms with van der Waals surface area (Å²) in [5.41, 5.74) is 1.66. The first-order valence-corrected chi connectivity index (χ1v) is 8.14. The lowest BCUT2D eigenvalue weighted by Crippen LogP contribution is -2.59. The number of H-pyrrole nitrogens is 1. The number of nitrogens with zero attached hydrogens (tertiary/aromatic N) is 4. The molecule has 13 heteroatoms. The molecule has 4 rings (SSSR count). The van der Waals surface area contributed by atoms with Gasteiger partial charge in [-0.3, -0.25) is 4.68 Å². The van der Waals surface area contributed by atoms with Gasteiger partial charge in [0, 0.05) is 28.6 Å². The van der Waals surface area contributed by atoms with Crippen LogP contribution in [0.25, 0.3) is 22.3 Å². The number of hydrogen-bond acceptors (Lipinski definition) is 9. The summed E-state index contributed by atoms with van der Waals surface area (Å²) in [5, 5.41) is 62.4. The van der Waals surface area contributed by atoms with Gasteiger partial charge in [-0.15, -0.1) is 0 Å². The van der Waals surface area contributed by atoms with E-state index in [2.05, 4.69) is 20.1 Å². The fraction of sp³-hybridized carbons (Fsp3) is 0.400. The fourth-order valence-electron chi connectivity index (χ4n) is 3.50. The molecule has 1 aliphatic carbocycles. The zero-order valence-electron chi connectivity index (χ0n) is 14.3. The molecule has 1 saturated carbocycles. The maximum atomic E-state index is 10.3. The lowest BCUT2D eigenvalue weighted by molar-refractivity contribution is -0.358. The van der Waals surface area contributed by atoms with Crippen LogP contribution >= 0.6 is 0 Å². The molecular formula is C15H15B2N5O6. The lowest BCUT2D eigenvalue weighted by Gasteiger charge is -2.40. The van der Waals surface area contributed by atoms with Gasteiger partial charge in [-0.05, 0) is 6.07 Å². The number of aliphatic hydroxyl groups is 6. The predicted octanol–water partition coefficient (Wildman–Crippen LogP) is -3.05. The Morgan fingerprint density at radius 3 is 2.43 bits per heavy atom. The Hall–Kier alpha value is -2.28. The van der Waals surface area contributed by atoms with E-state index in [1.54, 1.807) is 12.3 Å². The molecule has 142 valence electrons. The molecular weight excluding hydrogens is 368 g/mol. The van der Waals surface area contributed by atoms with Crippen molar-refractivity contribution >= 4 is 26.7 Å². The largest absolute Gasteiger partial charge is 0.366 e. The van der Waals surface area contributed by atoms with Gasteiger partial charge in [-0.25, -0.2) is 9.97 Å². The molecule has 1 aliphatic rings. The van der Waals surface area contributed by atoms with Gasteiger partial charge >= 0.3 is 0 Å². The molecule has 1 unspecified atom stereocenters. The SMILES string of the molecule is [B]C1([B])C(O)(O)C(Cn2cc(-c3ncnc4[nH]ccc34)cn2)C(O)(O)C1(O)O. The third-order valence-corrected chi connectivity index (χ3v) is 5.30. The molecule has 0 amide bonds. The summed E-state index contributed by atoms with van der Waals surface area (Å²) in [6, 6.07) is 1.76. The molecule has 11 nitrogen and oxygen atoms in total. The number of fused-ring (bicyclic) bond motifs is 1. The van der Waals surface area contributed by atoms with Gasteiger partial charge in [0.05, 0.1) is 40.0 Å². The molecule has 3 aromatic rings. The van der Waals surface area contributed by atoms with Crippen molar-refractivity contribution in [1.29, 1.82) is 0 Å². The van der Waals surface area contributed by atoms with E-state index in [4.69, 9.17) is 15.7 Å². The molecule has 4 radical (unpaired) electrons. The quantitative estimate of drug-likeness (QED) is 0.183. The van der Waals surface area contributed by atoms with Gasteiger partial charge in [0.2, 0.25) is 11.6 Å². The van der Waals surface area contributed by atoms with E-state index in [1.165, 1.54) is 18.7 Å². The van der Waals surface area contributed by atoms with Gasteiger partial charge < -0.3 is 35.6 Å². The van der Waals surface area contributed by atoms with Crippen molar-refractivity contribution in [3.05, 3.63) is 31.0 Å². The van der Waals surface area contributed by atoms with Gasteiger partial charge in [0.25, 0.3) is 0 Å². The zero-order chi connectivity index (χ0) is 20.5. The van der Waals surface area contributed by atoms with Gasteiger partial charge in [0.15, 0.2) is 5.79 Å². The Bertz CT molecular complexity index is 1020. The summed E-state index contributed by atoms with van der Waals surface area (Å²) >= 11 is 0. The van der Waals surface area contributed by atoms with Crippen LogP contribution in [-0.2, 0) is 6.54 Å².